The molecule has 0 aliphatic rings. The van der Waals surface area contributed by atoms with Crippen molar-refractivity contribution in [1.82, 2.24) is 10.1 Å². The van der Waals surface area contributed by atoms with Crippen LogP contribution in [0.5, 0.6) is 0 Å². The molecule has 0 bridgehead atoms. The maximum Gasteiger partial charge on any atom is 0.231 e. The monoisotopic (exact) mass is 142 g/mol. The van der Waals surface area contributed by atoms with Crippen LogP contribution < -0.4 is 0 Å². The fourth-order valence-corrected chi connectivity index (χ4v) is 0.720. The average Bonchev–Trinajstić information content (AvgIpc) is 2.38. The van der Waals surface area contributed by atoms with Crippen LogP contribution in [0.2, 0.25) is 0 Å². The van der Waals surface area contributed by atoms with Crippen LogP contribution in [-0.2, 0) is 4.74 Å². The number of methoxy groups -OCH3 is 1. The fourth-order valence-electron chi connectivity index (χ4n) is 0.720. The third-order valence-corrected chi connectivity index (χ3v) is 1.22. The number of rotatable bonds is 3. The van der Waals surface area contributed by atoms with Crippen LogP contribution in [0.1, 0.15) is 18.7 Å². The van der Waals surface area contributed by atoms with Gasteiger partial charge in [-0.3, -0.25) is 0 Å². The van der Waals surface area contributed by atoms with E-state index in [0.29, 0.717) is 12.5 Å². The summed E-state index contributed by atoms with van der Waals surface area (Å²) in [6, 6.07) is 0. The van der Waals surface area contributed by atoms with Gasteiger partial charge in [-0.15, -0.1) is 0 Å². The first-order chi connectivity index (χ1) is 4.84. The van der Waals surface area contributed by atoms with Gasteiger partial charge in [0, 0.05) is 7.11 Å². The lowest BCUT2D eigenvalue weighted by Gasteiger charge is -2.02. The van der Waals surface area contributed by atoms with Crippen LogP contribution in [0.25, 0.3) is 0 Å². The highest BCUT2D eigenvalue weighted by Crippen LogP contribution is 2.09. The van der Waals surface area contributed by atoms with E-state index in [1.54, 1.807) is 7.11 Å². The zero-order valence-corrected chi connectivity index (χ0v) is 6.07. The summed E-state index contributed by atoms with van der Waals surface area (Å²) in [6.45, 7) is 2.58. The summed E-state index contributed by atoms with van der Waals surface area (Å²) in [5, 5.41) is 3.48. The molecule has 0 aliphatic carbocycles. The van der Waals surface area contributed by atoms with E-state index in [0.717, 1.165) is 0 Å². The predicted octanol–water partition coefficient (Wildman–Crippen LogP) is 0.820. The molecule has 0 aliphatic heterocycles. The topological polar surface area (TPSA) is 48.2 Å². The SMILES string of the molecule is COCC(C)c1ncno1. The summed E-state index contributed by atoms with van der Waals surface area (Å²) < 4.78 is 9.71. The lowest BCUT2D eigenvalue weighted by Crippen LogP contribution is -2.01. The molecule has 1 aromatic rings. The summed E-state index contributed by atoms with van der Waals surface area (Å²) in [7, 11) is 1.65. The van der Waals surface area contributed by atoms with E-state index in [1.165, 1.54) is 6.33 Å². The van der Waals surface area contributed by atoms with Gasteiger partial charge in [0.05, 0.1) is 12.5 Å². The van der Waals surface area contributed by atoms with Gasteiger partial charge >= 0.3 is 0 Å². The van der Waals surface area contributed by atoms with Crippen molar-refractivity contribution in [2.24, 2.45) is 0 Å². The Balaban J connectivity index is 2.50. The standard InChI is InChI=1S/C6H10N2O2/c1-5(3-9-2)6-7-4-8-10-6/h4-5H,3H2,1-2H3. The van der Waals surface area contributed by atoms with Gasteiger partial charge in [-0.05, 0) is 0 Å². The molecule has 0 spiro atoms. The van der Waals surface area contributed by atoms with Gasteiger partial charge in [0.25, 0.3) is 0 Å². The van der Waals surface area contributed by atoms with E-state index in [4.69, 9.17) is 9.26 Å². The Morgan fingerprint density at radius 1 is 1.80 bits per heavy atom. The Morgan fingerprint density at radius 3 is 3.10 bits per heavy atom. The number of ether oxygens (including phenoxy) is 1. The predicted molar refractivity (Wildman–Crippen MR) is 34.6 cm³/mol. The fraction of sp³-hybridized carbons (Fsp3) is 0.667. The molecule has 10 heavy (non-hydrogen) atoms. The van der Waals surface area contributed by atoms with Crippen molar-refractivity contribution in [2.45, 2.75) is 12.8 Å². The summed E-state index contributed by atoms with van der Waals surface area (Å²) in [5.74, 6) is 0.814. The molecule has 0 N–H and O–H groups in total. The van der Waals surface area contributed by atoms with Crippen molar-refractivity contribution in [1.29, 1.82) is 0 Å². The number of hydrogen-bond acceptors (Lipinski definition) is 4. The second-order valence-electron chi connectivity index (χ2n) is 2.14. The number of hydrogen-bond donors (Lipinski definition) is 0. The quantitative estimate of drug-likeness (QED) is 0.626. The minimum atomic E-state index is 0.187. The summed E-state index contributed by atoms with van der Waals surface area (Å²) >= 11 is 0. The van der Waals surface area contributed by atoms with Crippen molar-refractivity contribution >= 4 is 0 Å². The average molecular weight is 142 g/mol. The summed E-state index contributed by atoms with van der Waals surface area (Å²) in [5.41, 5.74) is 0. The van der Waals surface area contributed by atoms with Crippen molar-refractivity contribution < 1.29 is 9.26 Å². The molecule has 1 atom stereocenters. The zero-order chi connectivity index (χ0) is 7.40. The minimum Gasteiger partial charge on any atom is -0.384 e. The van der Waals surface area contributed by atoms with Gasteiger partial charge < -0.3 is 9.26 Å². The van der Waals surface area contributed by atoms with Crippen LogP contribution in [0.4, 0.5) is 0 Å². The molecule has 0 aromatic carbocycles. The molecule has 4 nitrogen and oxygen atoms in total. The second-order valence-corrected chi connectivity index (χ2v) is 2.14. The highest BCUT2D eigenvalue weighted by molar-refractivity contribution is 4.84. The largest absolute Gasteiger partial charge is 0.384 e. The smallest absolute Gasteiger partial charge is 0.231 e. The molecule has 0 saturated carbocycles. The number of aromatic nitrogens is 2. The third-order valence-electron chi connectivity index (χ3n) is 1.22. The molecular weight excluding hydrogens is 132 g/mol. The van der Waals surface area contributed by atoms with Gasteiger partial charge in [-0.2, -0.15) is 4.98 Å². The lowest BCUT2D eigenvalue weighted by atomic mass is 10.2. The maximum atomic E-state index is 4.90. The van der Waals surface area contributed by atoms with E-state index in [-0.39, 0.29) is 5.92 Å². The lowest BCUT2D eigenvalue weighted by molar-refractivity contribution is 0.170. The van der Waals surface area contributed by atoms with E-state index < -0.39 is 0 Å². The first-order valence-corrected chi connectivity index (χ1v) is 3.10. The molecule has 1 rings (SSSR count). The van der Waals surface area contributed by atoms with Crippen molar-refractivity contribution in [3.63, 3.8) is 0 Å². The van der Waals surface area contributed by atoms with Gasteiger partial charge in [-0.25, -0.2) is 0 Å². The molecule has 0 fully saturated rings. The molecule has 1 aromatic heterocycles. The Morgan fingerprint density at radius 2 is 2.60 bits per heavy atom. The van der Waals surface area contributed by atoms with Gasteiger partial charge in [0.2, 0.25) is 5.89 Å². The van der Waals surface area contributed by atoms with Crippen molar-refractivity contribution in [3.8, 4) is 0 Å². The summed E-state index contributed by atoms with van der Waals surface area (Å²) in [6.07, 6.45) is 1.39. The Bertz CT molecular complexity index is 174. The van der Waals surface area contributed by atoms with Crippen LogP contribution in [-0.4, -0.2) is 23.9 Å². The van der Waals surface area contributed by atoms with Crippen LogP contribution in [0.15, 0.2) is 10.9 Å². The maximum absolute atomic E-state index is 4.90. The molecule has 0 amide bonds. The third kappa shape index (κ3) is 1.54. The zero-order valence-electron chi connectivity index (χ0n) is 6.07. The highest BCUT2D eigenvalue weighted by Gasteiger charge is 2.09. The first-order valence-electron chi connectivity index (χ1n) is 3.10. The van der Waals surface area contributed by atoms with Gasteiger partial charge in [0.15, 0.2) is 6.33 Å². The number of nitrogens with zero attached hydrogens (tertiary/aromatic N) is 2. The highest BCUT2D eigenvalue weighted by atomic mass is 16.5. The first kappa shape index (κ1) is 7.21. The van der Waals surface area contributed by atoms with Crippen molar-refractivity contribution in [2.75, 3.05) is 13.7 Å². The van der Waals surface area contributed by atoms with Crippen LogP contribution in [0, 0.1) is 0 Å². The Kier molecular flexibility index (Phi) is 2.39. The Hall–Kier alpha value is -0.900. The molecular formula is C6H10N2O2. The van der Waals surface area contributed by atoms with Gasteiger partial charge in [0.1, 0.15) is 0 Å². The van der Waals surface area contributed by atoms with E-state index >= 15 is 0 Å². The van der Waals surface area contributed by atoms with Crippen molar-refractivity contribution in [3.05, 3.63) is 12.2 Å². The summed E-state index contributed by atoms with van der Waals surface area (Å²) in [4.78, 5) is 3.88. The van der Waals surface area contributed by atoms with Crippen LogP contribution in [0.3, 0.4) is 0 Å². The molecule has 1 unspecified atom stereocenters. The molecule has 4 heteroatoms. The van der Waals surface area contributed by atoms with E-state index in [9.17, 15) is 0 Å². The molecule has 0 radical (unpaired) electrons. The van der Waals surface area contributed by atoms with Crippen LogP contribution >= 0.6 is 0 Å². The van der Waals surface area contributed by atoms with E-state index in [2.05, 4.69) is 10.1 Å². The minimum absolute atomic E-state index is 0.187. The Labute approximate surface area is 59.2 Å². The van der Waals surface area contributed by atoms with E-state index in [1.807, 2.05) is 6.92 Å². The molecule has 0 saturated heterocycles. The molecule has 1 heterocycles. The van der Waals surface area contributed by atoms with Gasteiger partial charge in [-0.1, -0.05) is 12.1 Å². The molecule has 56 valence electrons. The second kappa shape index (κ2) is 3.31. The normalized spacial score (nSPS) is 13.4.